The summed E-state index contributed by atoms with van der Waals surface area (Å²) in [5.74, 6) is 4.87. The molecule has 2 N–H and O–H groups in total. The summed E-state index contributed by atoms with van der Waals surface area (Å²) >= 11 is 0. The number of hydrogen-bond acceptors (Lipinski definition) is 10. The van der Waals surface area contributed by atoms with Gasteiger partial charge in [-0.05, 0) is 42.8 Å². The Morgan fingerprint density at radius 2 is 1.85 bits per heavy atom. The van der Waals surface area contributed by atoms with Crippen LogP contribution in [0.2, 0.25) is 0 Å². The van der Waals surface area contributed by atoms with Gasteiger partial charge < -0.3 is 9.47 Å². The zero-order chi connectivity index (χ0) is 29.6. The molecule has 1 aliphatic heterocycles. The number of carbonyl (C=O) groups is 2. The smallest absolute Gasteiger partial charge is 0.293 e. The third-order valence-corrected chi connectivity index (χ3v) is 9.15. The summed E-state index contributed by atoms with van der Waals surface area (Å²) in [6.45, 7) is 4.63. The summed E-state index contributed by atoms with van der Waals surface area (Å²) in [7, 11) is -4.23. The Hall–Kier alpha value is -4.09. The number of nitrogens with zero attached hydrogens (tertiary/aromatic N) is 3. The van der Waals surface area contributed by atoms with Gasteiger partial charge in [0.05, 0.1) is 37.0 Å². The number of carbonyl (C=O) groups excluding carboxylic acids is 2. The standard InChI is InChI=1S/C28H30N4O8S/c1-28(27(35)30-36,41(2,37)38)25(40-19-33)17-32-18-29-24-15-21(9-10-23(24)26(32)34)6-3-20-4-7-22(8-5-20)16-31-11-13-39-14-12-31/h4-5,7-10,15,18-19,25,36H,11-14,16-17H2,1-2H3,(H,30,35). The second kappa shape index (κ2) is 12.6. The predicted octanol–water partition coefficient (Wildman–Crippen LogP) is 0.479. The maximum atomic E-state index is 13.2. The molecule has 41 heavy (non-hydrogen) atoms. The van der Waals surface area contributed by atoms with Crippen molar-refractivity contribution >= 4 is 33.1 Å². The number of aromatic nitrogens is 2. The third kappa shape index (κ3) is 6.63. The van der Waals surface area contributed by atoms with Gasteiger partial charge in [0.1, 0.15) is 6.10 Å². The number of hydroxylamine groups is 1. The van der Waals surface area contributed by atoms with Gasteiger partial charge in [-0.1, -0.05) is 24.0 Å². The number of nitrogens with one attached hydrogen (secondary N) is 1. The van der Waals surface area contributed by atoms with Crippen molar-refractivity contribution in [3.63, 3.8) is 0 Å². The molecule has 0 aliphatic carbocycles. The zero-order valence-corrected chi connectivity index (χ0v) is 23.4. The lowest BCUT2D eigenvalue weighted by atomic mass is 10.0. The number of hydrogen-bond donors (Lipinski definition) is 2. The van der Waals surface area contributed by atoms with E-state index >= 15 is 0 Å². The van der Waals surface area contributed by atoms with Crippen molar-refractivity contribution in [2.75, 3.05) is 32.6 Å². The fourth-order valence-electron chi connectivity index (χ4n) is 4.48. The predicted molar refractivity (Wildman–Crippen MR) is 149 cm³/mol. The molecule has 2 unspecified atom stereocenters. The summed E-state index contributed by atoms with van der Waals surface area (Å²) in [4.78, 5) is 43.3. The van der Waals surface area contributed by atoms with Crippen molar-refractivity contribution in [2.45, 2.75) is 30.9 Å². The minimum atomic E-state index is -4.23. The molecule has 1 amide bonds. The maximum absolute atomic E-state index is 13.2. The summed E-state index contributed by atoms with van der Waals surface area (Å²) in [5.41, 5.74) is 3.75. The van der Waals surface area contributed by atoms with Gasteiger partial charge in [0.2, 0.25) is 0 Å². The van der Waals surface area contributed by atoms with E-state index in [1.807, 2.05) is 24.3 Å². The van der Waals surface area contributed by atoms with Gasteiger partial charge >= 0.3 is 0 Å². The van der Waals surface area contributed by atoms with E-state index in [1.54, 1.807) is 18.2 Å². The molecule has 1 saturated heterocycles. The van der Waals surface area contributed by atoms with E-state index in [0.29, 0.717) is 11.1 Å². The van der Waals surface area contributed by atoms with E-state index in [0.717, 1.165) is 62.5 Å². The number of rotatable bonds is 9. The second-order valence-electron chi connectivity index (χ2n) is 9.81. The molecule has 0 radical (unpaired) electrons. The van der Waals surface area contributed by atoms with E-state index in [2.05, 4.69) is 21.7 Å². The van der Waals surface area contributed by atoms with Crippen LogP contribution in [0.1, 0.15) is 23.6 Å². The quantitative estimate of drug-likeness (QED) is 0.157. The summed E-state index contributed by atoms with van der Waals surface area (Å²) in [5, 5.41) is 9.33. The molecule has 1 fully saturated rings. The highest BCUT2D eigenvalue weighted by Gasteiger charge is 2.52. The highest BCUT2D eigenvalue weighted by atomic mass is 32.2. The molecule has 2 aromatic carbocycles. The van der Waals surface area contributed by atoms with Gasteiger partial charge in [-0.15, -0.1) is 0 Å². The second-order valence-corrected chi connectivity index (χ2v) is 12.2. The zero-order valence-electron chi connectivity index (χ0n) is 22.6. The van der Waals surface area contributed by atoms with Crippen LogP contribution in [-0.4, -0.2) is 83.9 Å². The Kier molecular flexibility index (Phi) is 9.19. The van der Waals surface area contributed by atoms with E-state index in [1.165, 1.54) is 11.0 Å². The molecule has 2 heterocycles. The van der Waals surface area contributed by atoms with Crippen LogP contribution < -0.4 is 11.0 Å². The lowest BCUT2D eigenvalue weighted by molar-refractivity contribution is -0.143. The first-order chi connectivity index (χ1) is 19.6. The van der Waals surface area contributed by atoms with Crippen LogP contribution in [0.15, 0.2) is 53.6 Å². The first kappa shape index (κ1) is 29.9. The minimum Gasteiger partial charge on any atom is -0.460 e. The van der Waals surface area contributed by atoms with Crippen molar-refractivity contribution in [3.8, 4) is 11.8 Å². The average molecular weight is 583 g/mol. The van der Waals surface area contributed by atoms with Gasteiger partial charge in [0.25, 0.3) is 17.9 Å². The summed E-state index contributed by atoms with van der Waals surface area (Å²) < 4.78 is 33.9. The minimum absolute atomic E-state index is 0.0269. The fourth-order valence-corrected chi connectivity index (χ4v) is 5.47. The van der Waals surface area contributed by atoms with Gasteiger partial charge in [-0.3, -0.25) is 29.1 Å². The van der Waals surface area contributed by atoms with Crippen LogP contribution in [0.4, 0.5) is 0 Å². The molecule has 1 aliphatic rings. The van der Waals surface area contributed by atoms with Crippen molar-refractivity contribution in [2.24, 2.45) is 0 Å². The Bertz CT molecular complexity index is 1650. The van der Waals surface area contributed by atoms with E-state index in [-0.39, 0.29) is 11.9 Å². The lowest BCUT2D eigenvalue weighted by Crippen LogP contribution is -2.59. The van der Waals surface area contributed by atoms with Gasteiger partial charge in [-0.2, -0.15) is 0 Å². The number of morpholine rings is 1. The molecule has 0 bridgehead atoms. The molecular weight excluding hydrogens is 552 g/mol. The summed E-state index contributed by atoms with van der Waals surface area (Å²) in [6.07, 6.45) is 0.271. The number of sulfone groups is 1. The number of ether oxygens (including phenoxy) is 2. The Morgan fingerprint density at radius 1 is 1.20 bits per heavy atom. The van der Waals surface area contributed by atoms with Crippen LogP contribution in [-0.2, 0) is 42.0 Å². The first-order valence-corrected chi connectivity index (χ1v) is 14.6. The van der Waals surface area contributed by atoms with Crippen LogP contribution >= 0.6 is 0 Å². The van der Waals surface area contributed by atoms with Gasteiger partial charge in [0.15, 0.2) is 14.6 Å². The molecule has 0 saturated carbocycles. The molecular formula is C28H30N4O8S. The molecule has 12 nitrogen and oxygen atoms in total. The maximum Gasteiger partial charge on any atom is 0.293 e. The fraction of sp³-hybridized carbons (Fsp3) is 0.357. The highest BCUT2D eigenvalue weighted by molar-refractivity contribution is 7.92. The normalized spacial score (nSPS) is 16.2. The molecule has 4 rings (SSSR count). The SMILES string of the molecule is CC(C(=O)NO)(C(Cn1cnc2cc(C#Cc3ccc(CN4CCOCC4)cc3)ccc2c1=O)OC=O)S(C)(=O)=O. The number of fused-ring (bicyclic) bond motifs is 1. The molecule has 1 aromatic heterocycles. The highest BCUT2D eigenvalue weighted by Crippen LogP contribution is 2.25. The molecule has 216 valence electrons. The Labute approximate surface area is 236 Å². The lowest BCUT2D eigenvalue weighted by Gasteiger charge is -2.32. The monoisotopic (exact) mass is 582 g/mol. The average Bonchev–Trinajstić information content (AvgIpc) is 2.97. The van der Waals surface area contributed by atoms with Crippen LogP contribution in [0, 0.1) is 11.8 Å². The number of amides is 1. The van der Waals surface area contributed by atoms with Crippen molar-refractivity contribution < 1.29 is 32.7 Å². The Balaban J connectivity index is 1.55. The molecule has 0 spiro atoms. The van der Waals surface area contributed by atoms with E-state index in [9.17, 15) is 22.8 Å². The van der Waals surface area contributed by atoms with Gasteiger partial charge in [0, 0.05) is 37.0 Å². The summed E-state index contributed by atoms with van der Waals surface area (Å²) in [6, 6.07) is 12.9. The van der Waals surface area contributed by atoms with Crippen molar-refractivity contribution in [3.05, 3.63) is 75.8 Å². The van der Waals surface area contributed by atoms with Crippen molar-refractivity contribution in [1.82, 2.24) is 19.9 Å². The molecule has 13 heteroatoms. The van der Waals surface area contributed by atoms with E-state index in [4.69, 9.17) is 14.7 Å². The van der Waals surface area contributed by atoms with Crippen molar-refractivity contribution in [1.29, 1.82) is 0 Å². The third-order valence-electron chi connectivity index (χ3n) is 7.16. The molecule has 3 aromatic rings. The first-order valence-electron chi connectivity index (χ1n) is 12.7. The van der Waals surface area contributed by atoms with Crippen LogP contribution in [0.25, 0.3) is 10.9 Å². The van der Waals surface area contributed by atoms with E-state index < -0.39 is 38.7 Å². The van der Waals surface area contributed by atoms with Crippen LogP contribution in [0.5, 0.6) is 0 Å². The molecule has 2 atom stereocenters. The topological polar surface area (TPSA) is 157 Å². The van der Waals surface area contributed by atoms with Gasteiger partial charge in [-0.25, -0.2) is 18.9 Å². The largest absolute Gasteiger partial charge is 0.460 e. The Morgan fingerprint density at radius 3 is 2.49 bits per heavy atom. The van der Waals surface area contributed by atoms with Crippen LogP contribution in [0.3, 0.4) is 0 Å². The number of benzene rings is 2.